The van der Waals surface area contributed by atoms with E-state index in [1.807, 2.05) is 6.07 Å². The summed E-state index contributed by atoms with van der Waals surface area (Å²) in [5.74, 6) is 0.182. The average Bonchev–Trinajstić information content (AvgIpc) is 3.04. The van der Waals surface area contributed by atoms with Crippen molar-refractivity contribution in [1.29, 1.82) is 0 Å². The third-order valence-corrected chi connectivity index (χ3v) is 4.89. The number of fused-ring (bicyclic) bond motifs is 1. The van der Waals surface area contributed by atoms with Gasteiger partial charge in [-0.2, -0.15) is 4.73 Å². The molecule has 0 radical (unpaired) electrons. The van der Waals surface area contributed by atoms with Gasteiger partial charge < -0.3 is 10.5 Å². The van der Waals surface area contributed by atoms with Crippen LogP contribution in [0.15, 0.2) is 66.7 Å². The van der Waals surface area contributed by atoms with Gasteiger partial charge in [-0.25, -0.2) is 4.98 Å². The number of amides is 1. The van der Waals surface area contributed by atoms with E-state index in [2.05, 4.69) is 10.3 Å². The van der Waals surface area contributed by atoms with Crippen LogP contribution in [-0.2, 0) is 11.2 Å². The van der Waals surface area contributed by atoms with E-state index in [1.165, 1.54) is 7.05 Å². The maximum Gasteiger partial charge on any atom is 0.257 e. The van der Waals surface area contributed by atoms with E-state index in [0.29, 0.717) is 43.6 Å². The van der Waals surface area contributed by atoms with Crippen LogP contribution in [-0.4, -0.2) is 32.6 Å². The summed E-state index contributed by atoms with van der Waals surface area (Å²) < 4.78 is 1.67. The van der Waals surface area contributed by atoms with Crippen molar-refractivity contribution in [3.63, 3.8) is 0 Å². The van der Waals surface area contributed by atoms with E-state index >= 15 is 0 Å². The number of benzene rings is 3. The highest BCUT2D eigenvalue weighted by atomic mass is 35.5. The van der Waals surface area contributed by atoms with Gasteiger partial charge in [-0.1, -0.05) is 23.7 Å². The molecule has 0 unspecified atom stereocenters. The molecule has 0 bridgehead atoms. The molecule has 1 aromatic heterocycles. The van der Waals surface area contributed by atoms with Gasteiger partial charge in [0, 0.05) is 38.1 Å². The number of hydrogen-bond donors (Lipinski definition) is 2. The maximum atomic E-state index is 12.3. The molecule has 30 heavy (non-hydrogen) atoms. The first-order valence-corrected chi connectivity index (χ1v) is 9.56. The van der Waals surface area contributed by atoms with Crippen LogP contribution in [0.1, 0.15) is 5.56 Å². The van der Waals surface area contributed by atoms with E-state index in [-0.39, 0.29) is 12.3 Å². The Morgan fingerprint density at radius 2 is 1.90 bits per heavy atom. The van der Waals surface area contributed by atoms with Crippen LogP contribution in [0.25, 0.3) is 22.4 Å². The number of hydrogen-bond acceptors (Lipinski definition) is 4. The van der Waals surface area contributed by atoms with Crippen LogP contribution >= 0.6 is 11.6 Å². The fourth-order valence-corrected chi connectivity index (χ4v) is 3.39. The standard InChI is InChI=1S/C22H17ClN4O3/c1-26(29)18-9-10-19-20(13-18)27(30)22(25-19)15-5-7-17(8-6-15)24-21(28)12-14-3-2-4-16(23)11-14/h2-11,13H,12H2,1H3,(H-,24,25,28,29,30)/p+1. The first kappa shape index (κ1) is 19.6. The Labute approximate surface area is 177 Å². The van der Waals surface area contributed by atoms with Crippen LogP contribution in [0, 0.1) is 4.91 Å². The first-order chi connectivity index (χ1) is 14.4. The van der Waals surface area contributed by atoms with Crippen molar-refractivity contribution in [2.45, 2.75) is 6.42 Å². The van der Waals surface area contributed by atoms with E-state index in [1.54, 1.807) is 60.7 Å². The molecule has 1 heterocycles. The van der Waals surface area contributed by atoms with Crippen molar-refractivity contribution in [1.82, 2.24) is 9.71 Å². The molecule has 4 aromatic rings. The highest BCUT2D eigenvalue weighted by Crippen LogP contribution is 2.27. The lowest BCUT2D eigenvalue weighted by molar-refractivity contribution is -0.428. The fourth-order valence-electron chi connectivity index (χ4n) is 3.17. The molecule has 0 fully saturated rings. The molecule has 0 saturated carbocycles. The lowest BCUT2D eigenvalue weighted by atomic mass is 10.1. The third-order valence-electron chi connectivity index (χ3n) is 4.66. The number of halogens is 1. The quantitative estimate of drug-likeness (QED) is 0.357. The molecule has 7 nitrogen and oxygen atoms in total. The van der Waals surface area contributed by atoms with Gasteiger partial charge >= 0.3 is 0 Å². The number of nitroso groups, excluding NO2 is 1. The zero-order valence-electron chi connectivity index (χ0n) is 16.0. The Hall–Kier alpha value is -3.71. The molecule has 4 rings (SSSR count). The number of carbonyl (C=O) groups excluding carboxylic acids is 1. The fraction of sp³-hybridized carbons (Fsp3) is 0.0909. The second-order valence-corrected chi connectivity index (χ2v) is 7.29. The molecule has 2 N–H and O–H groups in total. The van der Waals surface area contributed by atoms with Crippen LogP contribution in [0.2, 0.25) is 5.02 Å². The monoisotopic (exact) mass is 421 g/mol. The minimum Gasteiger partial charge on any atom is -0.426 e. The van der Waals surface area contributed by atoms with Crippen molar-refractivity contribution in [2.24, 2.45) is 0 Å². The van der Waals surface area contributed by atoms with Gasteiger partial charge in [0.25, 0.3) is 5.69 Å². The SMILES string of the molecule is C[N+](=O)c1ccc2nc(-c3ccc(NC(=O)Cc4cccc(Cl)c4)cc3)n(O)c2c1. The Kier molecular flexibility index (Phi) is 5.20. The second-order valence-electron chi connectivity index (χ2n) is 6.85. The molecule has 1 amide bonds. The summed E-state index contributed by atoms with van der Waals surface area (Å²) in [6.07, 6.45) is 0.214. The largest absolute Gasteiger partial charge is 0.426 e. The van der Waals surface area contributed by atoms with E-state index in [9.17, 15) is 14.9 Å². The van der Waals surface area contributed by atoms with E-state index in [0.717, 1.165) is 10.3 Å². The van der Waals surface area contributed by atoms with E-state index < -0.39 is 0 Å². The summed E-state index contributed by atoms with van der Waals surface area (Å²) in [4.78, 5) is 28.2. The Balaban J connectivity index is 1.52. The lowest BCUT2D eigenvalue weighted by Crippen LogP contribution is -2.14. The number of nitrogens with zero attached hydrogens (tertiary/aromatic N) is 3. The zero-order chi connectivity index (χ0) is 21.3. The molecule has 0 atom stereocenters. The van der Waals surface area contributed by atoms with Crippen LogP contribution in [0.5, 0.6) is 0 Å². The minimum absolute atomic E-state index is 0.159. The highest BCUT2D eigenvalue weighted by Gasteiger charge is 2.16. The molecular formula is C22H18ClN4O3+. The number of rotatable bonds is 5. The predicted octanol–water partition coefficient (Wildman–Crippen LogP) is 4.82. The summed E-state index contributed by atoms with van der Waals surface area (Å²) in [6, 6.07) is 19.0. The van der Waals surface area contributed by atoms with Gasteiger partial charge in [-0.05, 0) is 48.0 Å². The molecule has 3 aromatic carbocycles. The van der Waals surface area contributed by atoms with Gasteiger partial charge in [-0.15, -0.1) is 0 Å². The average molecular weight is 422 g/mol. The summed E-state index contributed by atoms with van der Waals surface area (Å²) in [5, 5.41) is 13.9. The van der Waals surface area contributed by atoms with Crippen LogP contribution < -0.4 is 5.32 Å². The van der Waals surface area contributed by atoms with Gasteiger partial charge in [0.2, 0.25) is 5.91 Å². The van der Waals surface area contributed by atoms with Crippen molar-refractivity contribution < 1.29 is 14.8 Å². The molecule has 0 aliphatic carbocycles. The molecular weight excluding hydrogens is 404 g/mol. The van der Waals surface area contributed by atoms with Gasteiger partial charge in [0.15, 0.2) is 12.9 Å². The van der Waals surface area contributed by atoms with Gasteiger partial charge in [0.05, 0.1) is 11.9 Å². The molecule has 150 valence electrons. The molecule has 0 saturated heterocycles. The van der Waals surface area contributed by atoms with Gasteiger partial charge in [-0.3, -0.25) is 4.79 Å². The minimum atomic E-state index is -0.159. The van der Waals surface area contributed by atoms with Crippen molar-refractivity contribution in [2.75, 3.05) is 12.4 Å². The summed E-state index contributed by atoms with van der Waals surface area (Å²) in [6.45, 7) is 0. The highest BCUT2D eigenvalue weighted by molar-refractivity contribution is 6.30. The van der Waals surface area contributed by atoms with Crippen LogP contribution in [0.4, 0.5) is 11.4 Å². The third kappa shape index (κ3) is 4.01. The van der Waals surface area contributed by atoms with Crippen molar-refractivity contribution >= 4 is 39.9 Å². The number of imidazole rings is 1. The topological polar surface area (TPSA) is 87.2 Å². The summed E-state index contributed by atoms with van der Waals surface area (Å²) in [5.41, 5.74) is 3.54. The molecule has 8 heteroatoms. The smallest absolute Gasteiger partial charge is 0.257 e. The number of carbonyl (C=O) groups is 1. The molecule has 0 spiro atoms. The summed E-state index contributed by atoms with van der Waals surface area (Å²) in [7, 11) is 1.39. The lowest BCUT2D eigenvalue weighted by Gasteiger charge is -2.07. The number of nitrogens with one attached hydrogen (secondary N) is 1. The first-order valence-electron chi connectivity index (χ1n) is 9.18. The predicted molar refractivity (Wildman–Crippen MR) is 115 cm³/mol. The van der Waals surface area contributed by atoms with Crippen molar-refractivity contribution in [3.05, 3.63) is 82.2 Å². The molecule has 0 aliphatic heterocycles. The van der Waals surface area contributed by atoms with Gasteiger partial charge in [0.1, 0.15) is 5.52 Å². The Bertz CT molecular complexity index is 1270. The van der Waals surface area contributed by atoms with E-state index in [4.69, 9.17) is 11.6 Å². The number of aromatic nitrogens is 2. The van der Waals surface area contributed by atoms with Crippen molar-refractivity contribution in [3.8, 4) is 11.4 Å². The molecule has 0 aliphatic rings. The maximum absolute atomic E-state index is 12.3. The second kappa shape index (κ2) is 7.96. The number of anilines is 1. The Morgan fingerprint density at radius 1 is 1.13 bits per heavy atom. The normalized spacial score (nSPS) is 10.9. The summed E-state index contributed by atoms with van der Waals surface area (Å²) >= 11 is 5.95. The zero-order valence-corrected chi connectivity index (χ0v) is 16.8. The van der Waals surface area contributed by atoms with Crippen LogP contribution in [0.3, 0.4) is 0 Å². The Morgan fingerprint density at radius 3 is 2.60 bits per heavy atom.